The minimum absolute atomic E-state index is 0.0990. The maximum Gasteiger partial charge on any atom is 0.332 e. The van der Waals surface area contributed by atoms with Crippen molar-refractivity contribution in [3.63, 3.8) is 0 Å². The number of rotatable bonds is 8. The number of phenolic OH excluding ortho intramolecular Hbond substituents is 1. The first-order valence-corrected chi connectivity index (χ1v) is 9.02. The summed E-state index contributed by atoms with van der Waals surface area (Å²) < 4.78 is 5.69. The molecule has 0 spiro atoms. The number of para-hydroxylation sites is 1. The third kappa shape index (κ3) is 8.85. The predicted molar refractivity (Wildman–Crippen MR) is 106 cm³/mol. The Morgan fingerprint density at radius 2 is 1.54 bits per heavy atom. The second-order valence-electron chi connectivity index (χ2n) is 6.53. The molecule has 0 aliphatic carbocycles. The van der Waals surface area contributed by atoms with E-state index in [0.29, 0.717) is 6.61 Å². The lowest BCUT2D eigenvalue weighted by Gasteiger charge is -2.25. The van der Waals surface area contributed by atoms with Gasteiger partial charge in [0.25, 0.3) is 0 Å². The molecule has 7 heteroatoms. The van der Waals surface area contributed by atoms with E-state index in [4.69, 9.17) is 14.9 Å². The van der Waals surface area contributed by atoms with Crippen LogP contribution < -0.4 is 10.1 Å². The number of carboxylic acid groups (broad SMARTS) is 1. The lowest BCUT2D eigenvalue weighted by atomic mass is 10.0. The summed E-state index contributed by atoms with van der Waals surface area (Å²) in [6.07, 6.45) is -1.87. The zero-order valence-electron chi connectivity index (χ0n) is 16.3. The molecule has 0 aromatic heterocycles. The number of benzene rings is 2. The van der Waals surface area contributed by atoms with E-state index in [0.717, 1.165) is 11.3 Å². The van der Waals surface area contributed by atoms with Crippen LogP contribution in [0.4, 0.5) is 0 Å². The van der Waals surface area contributed by atoms with Crippen LogP contribution in [0.3, 0.4) is 0 Å². The topological polar surface area (TPSA) is 119 Å². The van der Waals surface area contributed by atoms with Crippen molar-refractivity contribution in [3.8, 4) is 11.5 Å². The molecular weight excluding hydrogens is 362 g/mol. The Bertz CT molecular complexity index is 690. The van der Waals surface area contributed by atoms with Crippen molar-refractivity contribution in [2.24, 2.45) is 0 Å². The molecular formula is C21H29NO6. The molecule has 7 nitrogen and oxygen atoms in total. The van der Waals surface area contributed by atoms with Crippen LogP contribution in [-0.4, -0.2) is 51.2 Å². The van der Waals surface area contributed by atoms with Gasteiger partial charge in [-0.2, -0.15) is 0 Å². The molecule has 2 rings (SSSR count). The monoisotopic (exact) mass is 391 g/mol. The van der Waals surface area contributed by atoms with Crippen LogP contribution >= 0.6 is 0 Å². The Morgan fingerprint density at radius 1 is 1.00 bits per heavy atom. The quantitative estimate of drug-likeness (QED) is 0.468. The summed E-state index contributed by atoms with van der Waals surface area (Å²) in [5, 5.41) is 38.7. The zero-order chi connectivity index (χ0) is 21.1. The molecule has 0 amide bonds. The predicted octanol–water partition coefficient (Wildman–Crippen LogP) is 2.32. The molecule has 2 aromatic rings. The summed E-state index contributed by atoms with van der Waals surface area (Å²) in [5.74, 6) is -0.154. The molecule has 28 heavy (non-hydrogen) atoms. The molecule has 0 fully saturated rings. The summed E-state index contributed by atoms with van der Waals surface area (Å²) in [6, 6.07) is 16.2. The van der Waals surface area contributed by atoms with Crippen LogP contribution in [0.25, 0.3) is 0 Å². The molecule has 2 aromatic carbocycles. The normalized spacial score (nSPS) is 14.8. The fraction of sp³-hybridized carbons (Fsp3) is 0.381. The third-order valence-electron chi connectivity index (χ3n) is 3.86. The first-order valence-electron chi connectivity index (χ1n) is 9.02. The Labute approximate surface area is 165 Å². The van der Waals surface area contributed by atoms with Crippen LogP contribution in [0.1, 0.15) is 32.4 Å². The standard InChI is InChI=1S/C18H23NO3.C3H6O3/c1-13(12-22-17-6-4-3-5-7-17)19-14(2)18(21)15-8-10-16(20)11-9-15;1-2(4)3(5)6/h3-11,13-14,18-21H,12H2,1-2H3;2,4H,1H3,(H,5,6)/t13-,14-,18-;/m1./s1. The van der Waals surface area contributed by atoms with Crippen molar-refractivity contribution in [2.75, 3.05) is 6.61 Å². The Morgan fingerprint density at radius 3 is 2.04 bits per heavy atom. The first-order chi connectivity index (χ1) is 13.2. The highest BCUT2D eigenvalue weighted by Gasteiger charge is 2.18. The second-order valence-corrected chi connectivity index (χ2v) is 6.53. The van der Waals surface area contributed by atoms with Crippen LogP contribution in [0.5, 0.6) is 11.5 Å². The third-order valence-corrected chi connectivity index (χ3v) is 3.86. The van der Waals surface area contributed by atoms with E-state index in [9.17, 15) is 15.0 Å². The number of ether oxygens (including phenoxy) is 1. The maximum atomic E-state index is 10.3. The number of aliphatic carboxylic acids is 1. The number of nitrogens with one attached hydrogen (secondary N) is 1. The highest BCUT2D eigenvalue weighted by molar-refractivity contribution is 5.71. The number of hydrogen-bond acceptors (Lipinski definition) is 6. The minimum atomic E-state index is -1.23. The molecule has 5 N–H and O–H groups in total. The molecule has 154 valence electrons. The molecule has 0 radical (unpaired) electrons. The van der Waals surface area contributed by atoms with E-state index in [1.807, 2.05) is 44.2 Å². The average Bonchev–Trinajstić information content (AvgIpc) is 2.67. The van der Waals surface area contributed by atoms with Crippen molar-refractivity contribution < 1.29 is 30.0 Å². The summed E-state index contributed by atoms with van der Waals surface area (Å²) in [4.78, 5) is 9.45. The van der Waals surface area contributed by atoms with Crippen molar-refractivity contribution in [1.82, 2.24) is 5.32 Å². The average molecular weight is 391 g/mol. The van der Waals surface area contributed by atoms with Gasteiger partial charge in [-0.05, 0) is 50.6 Å². The van der Waals surface area contributed by atoms with Gasteiger partial charge in [-0.15, -0.1) is 0 Å². The number of aliphatic hydroxyl groups is 2. The summed E-state index contributed by atoms with van der Waals surface area (Å²) in [5.41, 5.74) is 0.772. The summed E-state index contributed by atoms with van der Waals surface area (Å²) in [6.45, 7) is 5.67. The van der Waals surface area contributed by atoms with E-state index in [-0.39, 0.29) is 17.8 Å². The smallest absolute Gasteiger partial charge is 0.332 e. The highest BCUT2D eigenvalue weighted by atomic mass is 16.5. The van der Waals surface area contributed by atoms with E-state index in [1.54, 1.807) is 24.3 Å². The van der Waals surface area contributed by atoms with Crippen molar-refractivity contribution in [3.05, 3.63) is 60.2 Å². The molecule has 1 unspecified atom stereocenters. The number of phenols is 1. The summed E-state index contributed by atoms with van der Waals surface area (Å²) in [7, 11) is 0. The molecule has 0 aliphatic heterocycles. The van der Waals surface area contributed by atoms with Gasteiger partial charge >= 0.3 is 5.97 Å². The van der Waals surface area contributed by atoms with Crippen molar-refractivity contribution in [1.29, 1.82) is 0 Å². The highest BCUT2D eigenvalue weighted by Crippen LogP contribution is 2.20. The first kappa shape index (κ1) is 23.4. The molecule has 0 saturated carbocycles. The fourth-order valence-electron chi connectivity index (χ4n) is 2.29. The van der Waals surface area contributed by atoms with Crippen molar-refractivity contribution >= 4 is 5.97 Å². The van der Waals surface area contributed by atoms with Gasteiger partial charge in [-0.3, -0.25) is 0 Å². The van der Waals surface area contributed by atoms with Gasteiger partial charge in [0.15, 0.2) is 0 Å². The molecule has 4 atom stereocenters. The van der Waals surface area contributed by atoms with Gasteiger partial charge in [0.2, 0.25) is 0 Å². The Kier molecular flexibility index (Phi) is 10.0. The lowest BCUT2D eigenvalue weighted by Crippen LogP contribution is -2.41. The molecule has 0 aliphatic rings. The number of aliphatic hydroxyl groups excluding tert-OH is 2. The lowest BCUT2D eigenvalue weighted by molar-refractivity contribution is -0.145. The van der Waals surface area contributed by atoms with Gasteiger partial charge in [-0.1, -0.05) is 30.3 Å². The number of carbonyl (C=O) groups is 1. The molecule has 0 heterocycles. The van der Waals surface area contributed by atoms with E-state index in [1.165, 1.54) is 6.92 Å². The van der Waals surface area contributed by atoms with E-state index in [2.05, 4.69) is 5.32 Å². The van der Waals surface area contributed by atoms with Gasteiger partial charge in [0, 0.05) is 12.1 Å². The van der Waals surface area contributed by atoms with Crippen LogP contribution in [0.15, 0.2) is 54.6 Å². The number of aromatic hydroxyl groups is 1. The minimum Gasteiger partial charge on any atom is -0.508 e. The fourth-order valence-corrected chi connectivity index (χ4v) is 2.29. The van der Waals surface area contributed by atoms with Crippen LogP contribution in [0.2, 0.25) is 0 Å². The van der Waals surface area contributed by atoms with Gasteiger partial charge < -0.3 is 30.5 Å². The Balaban J connectivity index is 0.000000568. The summed E-state index contributed by atoms with van der Waals surface area (Å²) >= 11 is 0. The van der Waals surface area contributed by atoms with Gasteiger partial charge in [-0.25, -0.2) is 4.79 Å². The van der Waals surface area contributed by atoms with Crippen LogP contribution in [0, 0.1) is 0 Å². The van der Waals surface area contributed by atoms with E-state index < -0.39 is 18.2 Å². The number of carboxylic acids is 1. The zero-order valence-corrected chi connectivity index (χ0v) is 16.3. The maximum absolute atomic E-state index is 10.3. The second kappa shape index (κ2) is 12.0. The largest absolute Gasteiger partial charge is 0.508 e. The van der Waals surface area contributed by atoms with Crippen LogP contribution in [-0.2, 0) is 4.79 Å². The Hall–Kier alpha value is -2.61. The molecule has 0 bridgehead atoms. The van der Waals surface area contributed by atoms with Crippen molar-refractivity contribution in [2.45, 2.75) is 45.1 Å². The SMILES string of the molecule is CC(O)C(=O)O.C[C@H](COc1ccccc1)N[C@H](C)[C@@H](O)c1ccc(O)cc1. The van der Waals surface area contributed by atoms with E-state index >= 15 is 0 Å². The van der Waals surface area contributed by atoms with Gasteiger partial charge in [0.05, 0.1) is 6.10 Å². The van der Waals surface area contributed by atoms with Gasteiger partial charge in [0.1, 0.15) is 24.2 Å². The molecule has 0 saturated heterocycles. The number of hydrogen-bond donors (Lipinski definition) is 5.